The summed E-state index contributed by atoms with van der Waals surface area (Å²) >= 11 is 1.65. The van der Waals surface area contributed by atoms with E-state index in [1.165, 1.54) is 5.56 Å². The van der Waals surface area contributed by atoms with Crippen LogP contribution in [0.3, 0.4) is 0 Å². The molecule has 1 aliphatic rings. The number of amides is 1. The Hall–Kier alpha value is -2.74. The van der Waals surface area contributed by atoms with E-state index in [4.69, 9.17) is 9.72 Å². The number of nitrogens with zero attached hydrogens (tertiary/aromatic N) is 3. The molecule has 6 nitrogen and oxygen atoms in total. The molecule has 0 aliphatic carbocycles. The lowest BCUT2D eigenvalue weighted by atomic mass is 10.2. The van der Waals surface area contributed by atoms with Crippen molar-refractivity contribution in [1.82, 2.24) is 14.8 Å². The Balaban J connectivity index is 1.25. The van der Waals surface area contributed by atoms with Crippen molar-refractivity contribution in [3.05, 3.63) is 65.2 Å². The van der Waals surface area contributed by atoms with Crippen LogP contribution in [0.2, 0.25) is 0 Å². The number of aryl methyl sites for hydroxylation is 1. The van der Waals surface area contributed by atoms with Gasteiger partial charge >= 0.3 is 0 Å². The Morgan fingerprint density at radius 1 is 1.06 bits per heavy atom. The number of carbonyl (C=O) groups excluding carboxylic acids is 1. The molecule has 1 aliphatic heterocycles. The molecule has 2 heterocycles. The first kappa shape index (κ1) is 21.5. The third kappa shape index (κ3) is 5.70. The number of benzene rings is 2. The first-order valence-electron chi connectivity index (χ1n) is 10.5. The van der Waals surface area contributed by atoms with E-state index in [-0.39, 0.29) is 5.91 Å². The maximum Gasteiger partial charge on any atom is 0.238 e. The van der Waals surface area contributed by atoms with E-state index in [0.717, 1.165) is 60.4 Å². The Kier molecular flexibility index (Phi) is 6.96. The number of hydrogen-bond donors (Lipinski definition) is 1. The van der Waals surface area contributed by atoms with Gasteiger partial charge in [0.1, 0.15) is 10.8 Å². The maximum atomic E-state index is 12.3. The molecular weight excluding hydrogens is 408 g/mol. The molecule has 2 aromatic carbocycles. The summed E-state index contributed by atoms with van der Waals surface area (Å²) in [5, 5.41) is 6.10. The second kappa shape index (κ2) is 10.0. The molecule has 7 heteroatoms. The van der Waals surface area contributed by atoms with Gasteiger partial charge < -0.3 is 10.1 Å². The third-order valence-electron chi connectivity index (χ3n) is 5.44. The number of piperazine rings is 1. The zero-order valence-corrected chi connectivity index (χ0v) is 18.8. The van der Waals surface area contributed by atoms with Crippen LogP contribution in [0.1, 0.15) is 11.3 Å². The molecule has 1 aromatic heterocycles. The van der Waals surface area contributed by atoms with Crippen molar-refractivity contribution in [2.24, 2.45) is 0 Å². The van der Waals surface area contributed by atoms with Crippen LogP contribution in [-0.4, -0.2) is 60.5 Å². The summed E-state index contributed by atoms with van der Waals surface area (Å²) in [4.78, 5) is 21.8. The molecule has 4 rings (SSSR count). The molecular formula is C24H28N4O2S. The summed E-state index contributed by atoms with van der Waals surface area (Å²) in [6, 6.07) is 15.9. The van der Waals surface area contributed by atoms with E-state index in [1.807, 2.05) is 55.5 Å². The molecule has 3 aromatic rings. The van der Waals surface area contributed by atoms with Crippen molar-refractivity contribution < 1.29 is 9.53 Å². The number of methoxy groups -OCH3 is 1. The average molecular weight is 437 g/mol. The minimum Gasteiger partial charge on any atom is -0.496 e. The van der Waals surface area contributed by atoms with Gasteiger partial charge in [0, 0.05) is 43.8 Å². The minimum atomic E-state index is 0.0401. The molecule has 1 N–H and O–H groups in total. The molecule has 1 amide bonds. The standard InChI is InChI=1S/C24H28N4O2S/c1-18-7-9-19(10-8-18)25-23(29)16-28-13-11-27(12-14-28)15-20-17-31-24(26-20)21-5-3-4-6-22(21)30-2/h3-10,17H,11-16H2,1-2H3,(H,25,29). The van der Waals surface area contributed by atoms with E-state index in [9.17, 15) is 4.79 Å². The molecule has 1 saturated heterocycles. The quantitative estimate of drug-likeness (QED) is 0.609. The van der Waals surface area contributed by atoms with Crippen molar-refractivity contribution in [1.29, 1.82) is 0 Å². The summed E-state index contributed by atoms with van der Waals surface area (Å²) in [6.07, 6.45) is 0. The predicted molar refractivity (Wildman–Crippen MR) is 126 cm³/mol. The lowest BCUT2D eigenvalue weighted by molar-refractivity contribution is -0.117. The Morgan fingerprint density at radius 3 is 2.52 bits per heavy atom. The molecule has 0 saturated carbocycles. The van der Waals surface area contributed by atoms with Gasteiger partial charge in [0.2, 0.25) is 5.91 Å². The van der Waals surface area contributed by atoms with Crippen LogP contribution in [0, 0.1) is 6.92 Å². The second-order valence-electron chi connectivity index (χ2n) is 7.81. The van der Waals surface area contributed by atoms with E-state index in [1.54, 1.807) is 18.4 Å². The topological polar surface area (TPSA) is 57.7 Å². The second-order valence-corrected chi connectivity index (χ2v) is 8.67. The zero-order valence-electron chi connectivity index (χ0n) is 18.0. The van der Waals surface area contributed by atoms with Gasteiger partial charge in [-0.1, -0.05) is 29.8 Å². The number of anilines is 1. The minimum absolute atomic E-state index is 0.0401. The fourth-order valence-electron chi connectivity index (χ4n) is 3.70. The Bertz CT molecular complexity index is 1010. The van der Waals surface area contributed by atoms with Gasteiger partial charge in [-0.15, -0.1) is 11.3 Å². The molecule has 0 radical (unpaired) electrons. The SMILES string of the molecule is COc1ccccc1-c1nc(CN2CCN(CC(=O)Nc3ccc(C)cc3)CC2)cs1. The van der Waals surface area contributed by atoms with Crippen LogP contribution in [0.15, 0.2) is 53.9 Å². The van der Waals surface area contributed by atoms with Gasteiger partial charge in [0.05, 0.1) is 24.9 Å². The molecule has 1 fully saturated rings. The fraction of sp³-hybridized carbons (Fsp3) is 0.333. The molecule has 0 atom stereocenters. The lowest BCUT2D eigenvalue weighted by Crippen LogP contribution is -2.48. The smallest absolute Gasteiger partial charge is 0.238 e. The fourth-order valence-corrected chi connectivity index (χ4v) is 4.54. The molecule has 162 valence electrons. The van der Waals surface area contributed by atoms with Gasteiger partial charge in [-0.3, -0.25) is 14.6 Å². The summed E-state index contributed by atoms with van der Waals surface area (Å²) in [6.45, 7) is 6.91. The monoisotopic (exact) mass is 436 g/mol. The number of carbonyl (C=O) groups is 1. The Morgan fingerprint density at radius 2 is 1.77 bits per heavy atom. The van der Waals surface area contributed by atoms with E-state index >= 15 is 0 Å². The highest BCUT2D eigenvalue weighted by molar-refractivity contribution is 7.13. The van der Waals surface area contributed by atoms with Crippen molar-refractivity contribution in [3.63, 3.8) is 0 Å². The van der Waals surface area contributed by atoms with E-state index in [0.29, 0.717) is 6.54 Å². The molecule has 31 heavy (non-hydrogen) atoms. The lowest BCUT2D eigenvalue weighted by Gasteiger charge is -2.33. The van der Waals surface area contributed by atoms with E-state index in [2.05, 4.69) is 20.5 Å². The summed E-state index contributed by atoms with van der Waals surface area (Å²) in [5.41, 5.74) is 4.15. The van der Waals surface area contributed by atoms with Crippen LogP contribution in [0.25, 0.3) is 10.6 Å². The van der Waals surface area contributed by atoms with Crippen LogP contribution in [0.5, 0.6) is 5.75 Å². The average Bonchev–Trinajstić information content (AvgIpc) is 3.25. The van der Waals surface area contributed by atoms with Crippen molar-refractivity contribution in [2.45, 2.75) is 13.5 Å². The molecule has 0 unspecified atom stereocenters. The summed E-state index contributed by atoms with van der Waals surface area (Å²) in [5.74, 6) is 0.888. The van der Waals surface area contributed by atoms with Crippen LogP contribution in [-0.2, 0) is 11.3 Å². The number of ether oxygens (including phenoxy) is 1. The van der Waals surface area contributed by atoms with Gasteiger partial charge in [0.25, 0.3) is 0 Å². The molecule has 0 bridgehead atoms. The van der Waals surface area contributed by atoms with E-state index < -0.39 is 0 Å². The van der Waals surface area contributed by atoms with Gasteiger partial charge in [-0.25, -0.2) is 4.98 Å². The number of rotatable bonds is 7. The largest absolute Gasteiger partial charge is 0.496 e. The zero-order chi connectivity index (χ0) is 21.6. The maximum absolute atomic E-state index is 12.3. The number of hydrogen-bond acceptors (Lipinski definition) is 6. The first-order valence-corrected chi connectivity index (χ1v) is 11.4. The summed E-state index contributed by atoms with van der Waals surface area (Å²) in [7, 11) is 1.69. The van der Waals surface area contributed by atoms with Crippen molar-refractivity contribution in [2.75, 3.05) is 45.2 Å². The van der Waals surface area contributed by atoms with Crippen molar-refractivity contribution in [3.8, 4) is 16.3 Å². The number of aromatic nitrogens is 1. The van der Waals surface area contributed by atoms with Gasteiger partial charge in [0.15, 0.2) is 0 Å². The number of para-hydroxylation sites is 1. The van der Waals surface area contributed by atoms with Crippen LogP contribution >= 0.6 is 11.3 Å². The highest BCUT2D eigenvalue weighted by Crippen LogP contribution is 2.32. The van der Waals surface area contributed by atoms with Gasteiger partial charge in [-0.05, 0) is 31.2 Å². The first-order chi connectivity index (χ1) is 15.1. The molecule has 0 spiro atoms. The number of nitrogens with one attached hydrogen (secondary N) is 1. The highest BCUT2D eigenvalue weighted by Gasteiger charge is 2.20. The number of thiazole rings is 1. The Labute approximate surface area is 187 Å². The third-order valence-corrected chi connectivity index (χ3v) is 6.37. The predicted octanol–water partition coefficient (Wildman–Crippen LogP) is 3.88. The van der Waals surface area contributed by atoms with Crippen molar-refractivity contribution >= 4 is 22.9 Å². The summed E-state index contributed by atoms with van der Waals surface area (Å²) < 4.78 is 5.46. The van der Waals surface area contributed by atoms with Gasteiger partial charge in [-0.2, -0.15) is 0 Å². The normalized spacial score (nSPS) is 15.0. The highest BCUT2D eigenvalue weighted by atomic mass is 32.1. The van der Waals surface area contributed by atoms with Crippen LogP contribution < -0.4 is 10.1 Å². The van der Waals surface area contributed by atoms with Crippen LogP contribution in [0.4, 0.5) is 5.69 Å².